The zero-order valence-electron chi connectivity index (χ0n) is 16.9. The molecule has 2 saturated heterocycles. The second kappa shape index (κ2) is 10.1. The normalized spacial score (nSPS) is 20.9. The molecule has 0 N–H and O–H groups in total. The van der Waals surface area contributed by atoms with Crippen molar-refractivity contribution >= 4 is 23.2 Å². The summed E-state index contributed by atoms with van der Waals surface area (Å²) in [6.45, 7) is 3.55. The molecule has 1 aromatic carbocycles. The van der Waals surface area contributed by atoms with E-state index in [0.717, 1.165) is 31.6 Å². The van der Waals surface area contributed by atoms with Crippen LogP contribution in [-0.2, 0) is 20.9 Å². The molecule has 1 aromatic heterocycles. The average molecular weight is 430 g/mol. The van der Waals surface area contributed by atoms with Crippen molar-refractivity contribution in [2.75, 3.05) is 39.4 Å². The molecule has 8 heteroatoms. The molecule has 3 heterocycles. The van der Waals surface area contributed by atoms with Crippen LogP contribution in [0, 0.1) is 5.92 Å². The van der Waals surface area contributed by atoms with Crippen LogP contribution in [0.2, 0.25) is 0 Å². The Hall–Kier alpha value is -2.29. The van der Waals surface area contributed by atoms with E-state index in [9.17, 15) is 9.59 Å². The van der Waals surface area contributed by atoms with Gasteiger partial charge in [-0.3, -0.25) is 9.59 Å². The summed E-state index contributed by atoms with van der Waals surface area (Å²) in [5, 5.41) is 1.72. The van der Waals surface area contributed by atoms with Crippen molar-refractivity contribution in [2.24, 2.45) is 5.92 Å². The molecule has 0 radical (unpaired) electrons. The second-order valence-corrected chi connectivity index (χ2v) is 8.55. The van der Waals surface area contributed by atoms with Crippen LogP contribution in [0.25, 0.3) is 0 Å². The van der Waals surface area contributed by atoms with Crippen LogP contribution < -0.4 is 0 Å². The lowest BCUT2D eigenvalue weighted by Crippen LogP contribution is -2.42. The molecule has 7 nitrogen and oxygen atoms in total. The van der Waals surface area contributed by atoms with Crippen LogP contribution in [-0.4, -0.2) is 72.1 Å². The molecule has 0 aliphatic carbocycles. The van der Waals surface area contributed by atoms with Gasteiger partial charge in [0.2, 0.25) is 5.91 Å². The Labute approximate surface area is 180 Å². The molecule has 1 atom stereocenters. The Morgan fingerprint density at radius 3 is 2.73 bits per heavy atom. The van der Waals surface area contributed by atoms with Gasteiger partial charge in [-0.05, 0) is 24.3 Å². The maximum absolute atomic E-state index is 13.0. The summed E-state index contributed by atoms with van der Waals surface area (Å²) in [4.78, 5) is 33.5. The number of hydrogen-bond donors (Lipinski definition) is 0. The molecule has 2 aliphatic rings. The monoisotopic (exact) mass is 429 g/mol. The predicted molar refractivity (Wildman–Crippen MR) is 113 cm³/mol. The number of benzene rings is 1. The summed E-state index contributed by atoms with van der Waals surface area (Å²) in [6, 6.07) is 9.95. The molecule has 2 aromatic rings. The molecule has 0 saturated carbocycles. The lowest BCUT2D eigenvalue weighted by Gasteiger charge is -2.30. The van der Waals surface area contributed by atoms with E-state index in [4.69, 9.17) is 9.47 Å². The fourth-order valence-electron chi connectivity index (χ4n) is 3.92. The highest BCUT2D eigenvalue weighted by Crippen LogP contribution is 2.20. The van der Waals surface area contributed by atoms with E-state index in [1.807, 2.05) is 35.2 Å². The van der Waals surface area contributed by atoms with E-state index in [0.29, 0.717) is 37.9 Å². The molecule has 160 valence electrons. The standard InChI is InChI=1S/C22H27N3O4S/c26-21-13-25(22(27)20-15-30-16-23-20)12-19(29-14-18-4-2-1-3-5-18)11-24(21)10-17-6-8-28-9-7-17/h1-5,15-17,19H,6-14H2/t19-/m1/s1. The van der Waals surface area contributed by atoms with Gasteiger partial charge in [0.1, 0.15) is 12.2 Å². The maximum atomic E-state index is 13.0. The molecule has 30 heavy (non-hydrogen) atoms. The van der Waals surface area contributed by atoms with E-state index in [2.05, 4.69) is 4.98 Å². The summed E-state index contributed by atoms with van der Waals surface area (Å²) in [7, 11) is 0. The lowest BCUT2D eigenvalue weighted by molar-refractivity contribution is -0.132. The molecule has 0 spiro atoms. The summed E-state index contributed by atoms with van der Waals surface area (Å²) >= 11 is 1.37. The van der Waals surface area contributed by atoms with E-state index in [-0.39, 0.29) is 24.5 Å². The van der Waals surface area contributed by atoms with Crippen molar-refractivity contribution in [1.29, 1.82) is 0 Å². The third-order valence-electron chi connectivity index (χ3n) is 5.61. The highest BCUT2D eigenvalue weighted by Gasteiger charge is 2.33. The SMILES string of the molecule is O=C1CN(C(=O)c2cscn2)C[C@H](OCc2ccccc2)CN1CC1CCOCC1. The topological polar surface area (TPSA) is 72.0 Å². The Morgan fingerprint density at radius 1 is 1.20 bits per heavy atom. The van der Waals surface area contributed by atoms with Gasteiger partial charge in [-0.25, -0.2) is 4.98 Å². The van der Waals surface area contributed by atoms with Gasteiger partial charge in [-0.1, -0.05) is 30.3 Å². The highest BCUT2D eigenvalue weighted by atomic mass is 32.1. The first kappa shape index (κ1) is 21.0. The van der Waals surface area contributed by atoms with Gasteiger partial charge in [0.25, 0.3) is 5.91 Å². The van der Waals surface area contributed by atoms with Crippen LogP contribution in [0.15, 0.2) is 41.2 Å². The van der Waals surface area contributed by atoms with Crippen LogP contribution in [0.5, 0.6) is 0 Å². The Morgan fingerprint density at radius 2 is 2.00 bits per heavy atom. The van der Waals surface area contributed by atoms with Gasteiger partial charge in [-0.15, -0.1) is 11.3 Å². The zero-order valence-corrected chi connectivity index (χ0v) is 17.8. The maximum Gasteiger partial charge on any atom is 0.273 e. The fourth-order valence-corrected chi connectivity index (χ4v) is 4.45. The summed E-state index contributed by atoms with van der Waals surface area (Å²) in [5.74, 6) is 0.181. The van der Waals surface area contributed by atoms with Crippen molar-refractivity contribution in [3.8, 4) is 0 Å². The Kier molecular flexibility index (Phi) is 7.09. The first-order chi connectivity index (χ1) is 14.7. The summed E-state index contributed by atoms with van der Waals surface area (Å²) in [6.07, 6.45) is 1.67. The van der Waals surface area contributed by atoms with Crippen molar-refractivity contribution in [3.05, 3.63) is 52.5 Å². The van der Waals surface area contributed by atoms with Crippen LogP contribution in [0.3, 0.4) is 0 Å². The van der Waals surface area contributed by atoms with Crippen LogP contribution in [0.4, 0.5) is 0 Å². The molecule has 2 aliphatic heterocycles. The summed E-state index contributed by atoms with van der Waals surface area (Å²) in [5.41, 5.74) is 3.09. The molecule has 4 rings (SSSR count). The smallest absolute Gasteiger partial charge is 0.273 e. The summed E-state index contributed by atoms with van der Waals surface area (Å²) < 4.78 is 11.6. The number of rotatable bonds is 6. The minimum atomic E-state index is -0.251. The van der Waals surface area contributed by atoms with Crippen LogP contribution in [0.1, 0.15) is 28.9 Å². The van der Waals surface area contributed by atoms with Gasteiger partial charge in [0.15, 0.2) is 0 Å². The molecule has 2 fully saturated rings. The van der Waals surface area contributed by atoms with E-state index in [1.165, 1.54) is 11.3 Å². The number of amides is 2. The predicted octanol–water partition coefficient (Wildman–Crippen LogP) is 2.44. The molecular weight excluding hydrogens is 402 g/mol. The van der Waals surface area contributed by atoms with Gasteiger partial charge >= 0.3 is 0 Å². The minimum Gasteiger partial charge on any atom is -0.381 e. The van der Waals surface area contributed by atoms with Gasteiger partial charge in [-0.2, -0.15) is 0 Å². The number of carbonyl (C=O) groups excluding carboxylic acids is 2. The first-order valence-corrected chi connectivity index (χ1v) is 11.3. The highest BCUT2D eigenvalue weighted by molar-refractivity contribution is 7.07. The average Bonchev–Trinajstić information content (AvgIpc) is 3.27. The zero-order chi connectivity index (χ0) is 20.8. The van der Waals surface area contributed by atoms with E-state index in [1.54, 1.807) is 15.8 Å². The Balaban J connectivity index is 1.47. The molecule has 2 amide bonds. The van der Waals surface area contributed by atoms with Crippen molar-refractivity contribution in [1.82, 2.24) is 14.8 Å². The number of thiazole rings is 1. The minimum absolute atomic E-state index is 0.0316. The van der Waals surface area contributed by atoms with Crippen molar-refractivity contribution in [2.45, 2.75) is 25.6 Å². The van der Waals surface area contributed by atoms with Crippen LogP contribution >= 0.6 is 11.3 Å². The van der Waals surface area contributed by atoms with E-state index >= 15 is 0 Å². The quantitative estimate of drug-likeness (QED) is 0.705. The number of hydrogen-bond acceptors (Lipinski definition) is 6. The Bertz CT molecular complexity index is 824. The number of aromatic nitrogens is 1. The first-order valence-electron chi connectivity index (χ1n) is 10.4. The number of nitrogens with zero attached hydrogens (tertiary/aromatic N) is 3. The number of carbonyl (C=O) groups is 2. The second-order valence-electron chi connectivity index (χ2n) is 7.83. The number of ether oxygens (including phenoxy) is 2. The van der Waals surface area contributed by atoms with Gasteiger partial charge in [0.05, 0.1) is 18.2 Å². The van der Waals surface area contributed by atoms with E-state index < -0.39 is 0 Å². The van der Waals surface area contributed by atoms with Gasteiger partial charge in [0, 0.05) is 38.2 Å². The third kappa shape index (κ3) is 5.44. The van der Waals surface area contributed by atoms with Crippen molar-refractivity contribution in [3.63, 3.8) is 0 Å². The fraction of sp³-hybridized carbons (Fsp3) is 0.500. The molecule has 0 bridgehead atoms. The van der Waals surface area contributed by atoms with Crippen molar-refractivity contribution < 1.29 is 19.1 Å². The lowest BCUT2D eigenvalue weighted by atomic mass is 9.99. The molecule has 0 unspecified atom stereocenters. The molecular formula is C22H27N3O4S. The van der Waals surface area contributed by atoms with Gasteiger partial charge < -0.3 is 19.3 Å². The largest absolute Gasteiger partial charge is 0.381 e. The third-order valence-corrected chi connectivity index (χ3v) is 6.20.